The van der Waals surface area contributed by atoms with Gasteiger partial charge < -0.3 is 5.32 Å². The molecule has 1 aliphatic rings. The van der Waals surface area contributed by atoms with Crippen LogP contribution in [-0.4, -0.2) is 6.54 Å². The third-order valence-electron chi connectivity index (χ3n) is 5.43. The summed E-state index contributed by atoms with van der Waals surface area (Å²) in [6.45, 7) is 13.9. The summed E-state index contributed by atoms with van der Waals surface area (Å²) in [6.07, 6.45) is 1.12. The normalized spacial score (nSPS) is 20.9. The van der Waals surface area contributed by atoms with Gasteiger partial charge >= 0.3 is 0 Å². The van der Waals surface area contributed by atoms with Crippen LogP contribution in [0, 0.1) is 16.7 Å². The molecule has 0 aromatic heterocycles. The minimum Gasteiger partial charge on any atom is -0.312 e. The maximum absolute atomic E-state index is 3.61. The van der Waals surface area contributed by atoms with Gasteiger partial charge in [-0.15, -0.1) is 0 Å². The van der Waals surface area contributed by atoms with Gasteiger partial charge in [-0.25, -0.2) is 0 Å². The summed E-state index contributed by atoms with van der Waals surface area (Å²) < 4.78 is 0. The van der Waals surface area contributed by atoms with Crippen LogP contribution in [0.2, 0.25) is 0 Å². The van der Waals surface area contributed by atoms with E-state index in [0.717, 1.165) is 25.4 Å². The highest BCUT2D eigenvalue weighted by atomic mass is 14.9. The van der Waals surface area contributed by atoms with Crippen molar-refractivity contribution >= 4 is 0 Å². The van der Waals surface area contributed by atoms with Gasteiger partial charge in [-0.2, -0.15) is 0 Å². The standard InChI is InChI=1S/C17H27N/c1-6-13-7-9-14(10-8-13)11-18-12-15-16(2,3)17(15,4)5/h7-10,15,18H,6,11-12H2,1-5H3. The minimum absolute atomic E-state index is 0.492. The van der Waals surface area contributed by atoms with E-state index >= 15 is 0 Å². The van der Waals surface area contributed by atoms with E-state index in [0.29, 0.717) is 10.8 Å². The van der Waals surface area contributed by atoms with E-state index in [1.165, 1.54) is 11.1 Å². The molecule has 0 spiro atoms. The molecule has 0 atom stereocenters. The first kappa shape index (κ1) is 13.6. The monoisotopic (exact) mass is 245 g/mol. The lowest BCUT2D eigenvalue weighted by molar-refractivity contribution is 0.457. The molecule has 0 radical (unpaired) electrons. The molecule has 1 fully saturated rings. The summed E-state index contributed by atoms with van der Waals surface area (Å²) in [4.78, 5) is 0. The second-order valence-corrected chi connectivity index (χ2v) is 6.80. The largest absolute Gasteiger partial charge is 0.312 e. The third-order valence-corrected chi connectivity index (χ3v) is 5.43. The van der Waals surface area contributed by atoms with Crippen LogP contribution < -0.4 is 5.32 Å². The van der Waals surface area contributed by atoms with E-state index < -0.39 is 0 Å². The zero-order valence-electron chi connectivity index (χ0n) is 12.5. The lowest BCUT2D eigenvalue weighted by atomic mass is 10.0. The Labute approximate surface area is 112 Å². The molecular weight excluding hydrogens is 218 g/mol. The molecule has 1 aliphatic carbocycles. The summed E-state index contributed by atoms with van der Waals surface area (Å²) in [6, 6.07) is 8.97. The Hall–Kier alpha value is -0.820. The first-order chi connectivity index (χ1) is 8.39. The highest BCUT2D eigenvalue weighted by molar-refractivity contribution is 5.22. The van der Waals surface area contributed by atoms with Crippen molar-refractivity contribution < 1.29 is 0 Å². The summed E-state index contributed by atoms with van der Waals surface area (Å²) in [5.41, 5.74) is 3.80. The molecule has 1 N–H and O–H groups in total. The van der Waals surface area contributed by atoms with Crippen LogP contribution in [0.3, 0.4) is 0 Å². The molecule has 0 bridgehead atoms. The predicted octanol–water partition coefficient (Wildman–Crippen LogP) is 4.02. The summed E-state index contributed by atoms with van der Waals surface area (Å²) >= 11 is 0. The molecule has 0 unspecified atom stereocenters. The van der Waals surface area contributed by atoms with E-state index in [9.17, 15) is 0 Å². The van der Waals surface area contributed by atoms with E-state index in [-0.39, 0.29) is 0 Å². The van der Waals surface area contributed by atoms with Gasteiger partial charge in [0.15, 0.2) is 0 Å². The highest BCUT2D eigenvalue weighted by Crippen LogP contribution is 2.67. The SMILES string of the molecule is CCc1ccc(CNCC2C(C)(C)C2(C)C)cc1. The first-order valence-electron chi connectivity index (χ1n) is 7.18. The van der Waals surface area contributed by atoms with Gasteiger partial charge in [0.2, 0.25) is 0 Å². The van der Waals surface area contributed by atoms with Crippen molar-refractivity contribution in [3.05, 3.63) is 35.4 Å². The topological polar surface area (TPSA) is 12.0 Å². The van der Waals surface area contributed by atoms with Crippen molar-refractivity contribution in [3.8, 4) is 0 Å². The Bertz CT molecular complexity index is 386. The number of hydrogen-bond acceptors (Lipinski definition) is 1. The first-order valence-corrected chi connectivity index (χ1v) is 7.18. The molecule has 0 aliphatic heterocycles. The lowest BCUT2D eigenvalue weighted by Gasteiger charge is -2.07. The molecular formula is C17H27N. The van der Waals surface area contributed by atoms with E-state index in [2.05, 4.69) is 64.2 Å². The smallest absolute Gasteiger partial charge is 0.0205 e. The Morgan fingerprint density at radius 3 is 1.89 bits per heavy atom. The van der Waals surface area contributed by atoms with E-state index in [1.54, 1.807) is 0 Å². The van der Waals surface area contributed by atoms with Gasteiger partial charge in [-0.1, -0.05) is 58.9 Å². The average molecular weight is 245 g/mol. The average Bonchev–Trinajstić information content (AvgIpc) is 2.72. The number of rotatable bonds is 5. The van der Waals surface area contributed by atoms with E-state index in [1.807, 2.05) is 0 Å². The van der Waals surface area contributed by atoms with Crippen molar-refractivity contribution in [1.82, 2.24) is 5.32 Å². The Kier molecular flexibility index (Phi) is 3.55. The molecule has 1 heteroatoms. The summed E-state index contributed by atoms with van der Waals surface area (Å²) in [7, 11) is 0. The van der Waals surface area contributed by atoms with Crippen LogP contribution >= 0.6 is 0 Å². The quantitative estimate of drug-likeness (QED) is 0.826. The van der Waals surface area contributed by atoms with Crippen molar-refractivity contribution in [1.29, 1.82) is 0 Å². The third kappa shape index (κ3) is 2.33. The Morgan fingerprint density at radius 1 is 0.944 bits per heavy atom. The van der Waals surface area contributed by atoms with Crippen LogP contribution in [0.25, 0.3) is 0 Å². The number of benzene rings is 1. The molecule has 0 amide bonds. The molecule has 1 aromatic carbocycles. The van der Waals surface area contributed by atoms with Crippen molar-refractivity contribution in [2.24, 2.45) is 16.7 Å². The Morgan fingerprint density at radius 2 is 1.44 bits per heavy atom. The number of hydrogen-bond donors (Lipinski definition) is 1. The molecule has 2 rings (SSSR count). The highest BCUT2D eigenvalue weighted by Gasteiger charge is 2.63. The number of nitrogens with one attached hydrogen (secondary N) is 1. The second kappa shape index (κ2) is 4.70. The molecule has 100 valence electrons. The van der Waals surface area contributed by atoms with Crippen LogP contribution in [0.15, 0.2) is 24.3 Å². The zero-order valence-corrected chi connectivity index (χ0v) is 12.5. The molecule has 1 saturated carbocycles. The van der Waals surface area contributed by atoms with Gasteiger partial charge in [0, 0.05) is 6.54 Å². The van der Waals surface area contributed by atoms with Crippen molar-refractivity contribution in [2.75, 3.05) is 6.54 Å². The lowest BCUT2D eigenvalue weighted by Crippen LogP contribution is -2.18. The van der Waals surface area contributed by atoms with Gasteiger partial charge in [0.1, 0.15) is 0 Å². The van der Waals surface area contributed by atoms with Gasteiger partial charge in [0.25, 0.3) is 0 Å². The summed E-state index contributed by atoms with van der Waals surface area (Å²) in [5.74, 6) is 0.805. The fraction of sp³-hybridized carbons (Fsp3) is 0.647. The van der Waals surface area contributed by atoms with E-state index in [4.69, 9.17) is 0 Å². The zero-order chi connectivity index (χ0) is 13.4. The summed E-state index contributed by atoms with van der Waals surface area (Å²) in [5, 5.41) is 3.61. The predicted molar refractivity (Wildman–Crippen MR) is 78.6 cm³/mol. The molecule has 18 heavy (non-hydrogen) atoms. The van der Waals surface area contributed by atoms with Crippen LogP contribution in [-0.2, 0) is 13.0 Å². The number of aryl methyl sites for hydroxylation is 1. The fourth-order valence-corrected chi connectivity index (χ4v) is 3.10. The molecule has 0 saturated heterocycles. The minimum atomic E-state index is 0.492. The van der Waals surface area contributed by atoms with Crippen molar-refractivity contribution in [2.45, 2.75) is 47.6 Å². The fourth-order valence-electron chi connectivity index (χ4n) is 3.10. The van der Waals surface area contributed by atoms with Crippen LogP contribution in [0.4, 0.5) is 0 Å². The van der Waals surface area contributed by atoms with Gasteiger partial charge in [0.05, 0.1) is 0 Å². The van der Waals surface area contributed by atoms with Crippen molar-refractivity contribution in [3.63, 3.8) is 0 Å². The Balaban J connectivity index is 1.79. The maximum atomic E-state index is 3.61. The van der Waals surface area contributed by atoms with Gasteiger partial charge in [-0.05, 0) is 40.8 Å². The molecule has 1 aromatic rings. The second-order valence-electron chi connectivity index (χ2n) is 6.80. The maximum Gasteiger partial charge on any atom is 0.0205 e. The molecule has 1 nitrogen and oxygen atoms in total. The van der Waals surface area contributed by atoms with Gasteiger partial charge in [-0.3, -0.25) is 0 Å². The molecule has 0 heterocycles. The van der Waals surface area contributed by atoms with Crippen LogP contribution in [0.5, 0.6) is 0 Å². The van der Waals surface area contributed by atoms with Crippen LogP contribution in [0.1, 0.15) is 45.7 Å².